The number of amides is 1. The molecule has 1 amide bonds. The van der Waals surface area contributed by atoms with Gasteiger partial charge < -0.3 is 15.6 Å². The third kappa shape index (κ3) is 5.65. The maximum atomic E-state index is 12.8. The molecule has 38 heavy (non-hydrogen) atoms. The summed E-state index contributed by atoms with van der Waals surface area (Å²) < 4.78 is 0. The molecule has 0 bridgehead atoms. The van der Waals surface area contributed by atoms with Gasteiger partial charge in [0.1, 0.15) is 16.6 Å². The van der Waals surface area contributed by atoms with Crippen molar-refractivity contribution in [3.63, 3.8) is 0 Å². The van der Waals surface area contributed by atoms with Crippen molar-refractivity contribution < 1.29 is 4.79 Å². The van der Waals surface area contributed by atoms with E-state index < -0.39 is 0 Å². The molecule has 196 valence electrons. The molecule has 4 aromatic rings. The minimum absolute atomic E-state index is 0.0759. The van der Waals surface area contributed by atoms with Crippen molar-refractivity contribution in [1.29, 1.82) is 0 Å². The first-order valence-corrected chi connectivity index (χ1v) is 13.9. The molecule has 4 heterocycles. The van der Waals surface area contributed by atoms with Crippen LogP contribution in [-0.2, 0) is 11.3 Å². The first kappa shape index (κ1) is 25.2. The zero-order valence-corrected chi connectivity index (χ0v) is 22.5. The molecule has 2 fully saturated rings. The van der Waals surface area contributed by atoms with Gasteiger partial charge in [0.2, 0.25) is 5.91 Å². The van der Waals surface area contributed by atoms with Gasteiger partial charge >= 0.3 is 0 Å². The second-order valence-corrected chi connectivity index (χ2v) is 11.2. The van der Waals surface area contributed by atoms with Crippen molar-refractivity contribution in [2.45, 2.75) is 44.3 Å². The van der Waals surface area contributed by atoms with Gasteiger partial charge in [-0.3, -0.25) is 9.69 Å². The van der Waals surface area contributed by atoms with E-state index in [2.05, 4.69) is 30.5 Å². The van der Waals surface area contributed by atoms with E-state index in [1.54, 1.807) is 6.20 Å². The Labute approximate surface area is 232 Å². The molecule has 1 aromatic carbocycles. The Balaban J connectivity index is 0.984. The number of fused-ring (bicyclic) bond motifs is 1. The molecule has 2 aliphatic rings. The fraction of sp³-hybridized carbons (Fsp3) is 0.345. The van der Waals surface area contributed by atoms with Gasteiger partial charge in [-0.15, -0.1) is 0 Å². The number of hydrogen-bond donors (Lipinski definition) is 3. The quantitative estimate of drug-likeness (QED) is 0.250. The van der Waals surface area contributed by atoms with Crippen LogP contribution in [0, 0.1) is 5.92 Å². The van der Waals surface area contributed by atoms with Gasteiger partial charge in [-0.1, -0.05) is 35.3 Å². The normalized spacial score (nSPS) is 20.3. The number of pyridine rings is 2. The molecule has 1 saturated carbocycles. The van der Waals surface area contributed by atoms with Crippen molar-refractivity contribution in [3.05, 3.63) is 76.7 Å². The van der Waals surface area contributed by atoms with Gasteiger partial charge in [0.15, 0.2) is 0 Å². The van der Waals surface area contributed by atoms with Crippen LogP contribution >= 0.6 is 23.2 Å². The van der Waals surface area contributed by atoms with Crippen molar-refractivity contribution >= 4 is 46.0 Å². The molecular weight excluding hydrogens is 519 g/mol. The van der Waals surface area contributed by atoms with E-state index in [0.29, 0.717) is 11.2 Å². The number of nitrogens with zero attached hydrogens (tertiary/aromatic N) is 3. The van der Waals surface area contributed by atoms with E-state index in [4.69, 9.17) is 23.2 Å². The van der Waals surface area contributed by atoms with Crippen molar-refractivity contribution in [1.82, 2.24) is 25.2 Å². The number of carbonyl (C=O) groups excluding carboxylic acids is 1. The number of carbonyl (C=O) groups is 1. The molecule has 0 unspecified atom stereocenters. The van der Waals surface area contributed by atoms with E-state index >= 15 is 0 Å². The lowest BCUT2D eigenvalue weighted by molar-refractivity contribution is -0.131. The summed E-state index contributed by atoms with van der Waals surface area (Å²) >= 11 is 12.4. The lowest BCUT2D eigenvalue weighted by atomic mass is 9.90. The Kier molecular flexibility index (Phi) is 7.24. The lowest BCUT2D eigenvalue weighted by Gasteiger charge is -2.39. The number of anilines is 1. The average molecular weight is 550 g/mol. The Morgan fingerprint density at radius 2 is 1.79 bits per heavy atom. The fourth-order valence-corrected chi connectivity index (χ4v) is 5.88. The second kappa shape index (κ2) is 10.9. The van der Waals surface area contributed by atoms with Crippen LogP contribution in [0.3, 0.4) is 0 Å². The van der Waals surface area contributed by atoms with Crippen molar-refractivity contribution in [2.24, 2.45) is 5.92 Å². The topological polar surface area (TPSA) is 85.9 Å². The van der Waals surface area contributed by atoms with E-state index in [1.165, 1.54) is 5.56 Å². The van der Waals surface area contributed by atoms with Gasteiger partial charge in [-0.25, -0.2) is 9.97 Å². The Morgan fingerprint density at radius 1 is 1.03 bits per heavy atom. The molecule has 9 heteroatoms. The number of rotatable bonds is 7. The largest absolute Gasteiger partial charge is 0.367 e. The third-order valence-electron chi connectivity index (χ3n) is 7.63. The number of H-pyrrole nitrogens is 1. The van der Waals surface area contributed by atoms with Crippen LogP contribution in [0.2, 0.25) is 10.2 Å². The van der Waals surface area contributed by atoms with Gasteiger partial charge in [0, 0.05) is 60.1 Å². The molecular formula is C29H30Cl2N6O. The predicted octanol–water partition coefficient (Wildman–Crippen LogP) is 5.90. The average Bonchev–Trinajstić information content (AvgIpc) is 3.32. The van der Waals surface area contributed by atoms with E-state index in [9.17, 15) is 4.79 Å². The molecule has 1 saturated heterocycles. The molecule has 1 aliphatic carbocycles. The van der Waals surface area contributed by atoms with E-state index in [1.807, 2.05) is 54.7 Å². The molecule has 3 N–H and O–H groups in total. The molecule has 0 atom stereocenters. The third-order valence-corrected chi connectivity index (χ3v) is 8.07. The highest BCUT2D eigenvalue weighted by molar-refractivity contribution is 6.30. The Bertz CT molecular complexity index is 1420. The maximum Gasteiger partial charge on any atom is 0.225 e. The molecule has 0 radical (unpaired) electrons. The Hall–Kier alpha value is -3.13. The van der Waals surface area contributed by atoms with Crippen LogP contribution in [-0.4, -0.2) is 50.9 Å². The summed E-state index contributed by atoms with van der Waals surface area (Å²) in [6, 6.07) is 16.3. The second-order valence-electron chi connectivity index (χ2n) is 10.4. The zero-order valence-electron chi connectivity index (χ0n) is 21.0. The van der Waals surface area contributed by atoms with Gasteiger partial charge in [0.05, 0.1) is 5.92 Å². The van der Waals surface area contributed by atoms with Crippen LogP contribution in [0.4, 0.5) is 5.82 Å². The first-order valence-electron chi connectivity index (χ1n) is 13.1. The molecule has 0 spiro atoms. The van der Waals surface area contributed by atoms with Gasteiger partial charge in [-0.05, 0) is 73.2 Å². The van der Waals surface area contributed by atoms with Crippen molar-refractivity contribution in [2.75, 3.05) is 18.4 Å². The highest BCUT2D eigenvalue weighted by atomic mass is 35.5. The van der Waals surface area contributed by atoms with Crippen molar-refractivity contribution in [3.8, 4) is 11.1 Å². The number of aromatic amines is 1. The summed E-state index contributed by atoms with van der Waals surface area (Å²) in [5.74, 6) is 1.03. The molecule has 6 rings (SSSR count). The van der Waals surface area contributed by atoms with Crippen LogP contribution in [0.15, 0.2) is 60.9 Å². The summed E-state index contributed by atoms with van der Waals surface area (Å²) in [6.07, 6.45) is 7.58. The summed E-state index contributed by atoms with van der Waals surface area (Å²) in [4.78, 5) is 27.2. The lowest BCUT2D eigenvalue weighted by Crippen LogP contribution is -2.55. The summed E-state index contributed by atoms with van der Waals surface area (Å²) in [5.41, 5.74) is 4.12. The number of likely N-dealkylation sites (tertiary alicyclic amines) is 1. The highest BCUT2D eigenvalue weighted by Gasteiger charge is 2.34. The van der Waals surface area contributed by atoms with Crippen LogP contribution in [0.1, 0.15) is 31.2 Å². The van der Waals surface area contributed by atoms with E-state index in [-0.39, 0.29) is 17.9 Å². The predicted molar refractivity (Wildman–Crippen MR) is 152 cm³/mol. The van der Waals surface area contributed by atoms with Gasteiger partial charge in [-0.2, -0.15) is 0 Å². The highest BCUT2D eigenvalue weighted by Crippen LogP contribution is 2.32. The summed E-state index contributed by atoms with van der Waals surface area (Å²) in [6.45, 7) is 2.47. The number of hydrogen-bond acceptors (Lipinski definition) is 5. The Morgan fingerprint density at radius 3 is 2.58 bits per heavy atom. The number of halogens is 2. The van der Waals surface area contributed by atoms with Crippen LogP contribution < -0.4 is 10.6 Å². The smallest absolute Gasteiger partial charge is 0.225 e. The number of nitrogens with one attached hydrogen (secondary N) is 3. The summed E-state index contributed by atoms with van der Waals surface area (Å²) in [7, 11) is 0. The van der Waals surface area contributed by atoms with Crippen LogP contribution in [0.5, 0.6) is 0 Å². The first-order chi connectivity index (χ1) is 18.5. The minimum atomic E-state index is 0.0759. The molecule has 3 aromatic heterocycles. The monoisotopic (exact) mass is 548 g/mol. The molecule has 7 nitrogen and oxygen atoms in total. The standard InChI is InChI=1S/C29H30Cl2N6O/c30-21-5-3-18(4-6-21)15-37-16-20(17-37)29(38)35-23-9-7-22(8-10-23)34-27-13-19(12-26(31)36-27)25-14-33-28-24(25)2-1-11-32-28/h1-6,11-14,20,22-23H,7-10,15-17H2,(H,32,33)(H,34,36)(H,35,38). The summed E-state index contributed by atoms with van der Waals surface area (Å²) in [5, 5.41) is 9.12. The molecule has 1 aliphatic heterocycles. The van der Waals surface area contributed by atoms with Crippen LogP contribution in [0.25, 0.3) is 22.2 Å². The van der Waals surface area contributed by atoms with Gasteiger partial charge in [0.25, 0.3) is 0 Å². The SMILES string of the molecule is O=C(NC1CCC(Nc2cc(-c3c[nH]c4ncccc34)cc(Cl)n2)CC1)C1CN(Cc2ccc(Cl)cc2)C1. The number of benzene rings is 1. The minimum Gasteiger partial charge on any atom is -0.367 e. The maximum absolute atomic E-state index is 12.8. The fourth-order valence-electron chi connectivity index (χ4n) is 5.54. The number of aromatic nitrogens is 3. The van der Waals surface area contributed by atoms with E-state index in [0.717, 1.165) is 78.3 Å². The zero-order chi connectivity index (χ0) is 26.1.